The van der Waals surface area contributed by atoms with Crippen LogP contribution < -0.4 is 0 Å². The van der Waals surface area contributed by atoms with Gasteiger partial charge < -0.3 is 50.0 Å². The van der Waals surface area contributed by atoms with Gasteiger partial charge in [0.25, 0.3) is 0 Å². The second-order valence-corrected chi connectivity index (χ2v) is 5.55. The third kappa shape index (κ3) is 3.47. The summed E-state index contributed by atoms with van der Waals surface area (Å²) < 4.78 is 15.1. The maximum absolute atomic E-state index is 11.0. The van der Waals surface area contributed by atoms with Crippen LogP contribution >= 0.6 is 0 Å². The summed E-state index contributed by atoms with van der Waals surface area (Å²) in [5.74, 6) is -1.58. The molecule has 0 aromatic heterocycles. The van der Waals surface area contributed by atoms with E-state index in [0.29, 0.717) is 0 Å². The molecule has 0 spiro atoms. The van der Waals surface area contributed by atoms with E-state index in [9.17, 15) is 35.4 Å². The third-order valence-corrected chi connectivity index (χ3v) is 3.90. The first-order valence-electron chi connectivity index (χ1n) is 6.92. The lowest BCUT2D eigenvalue weighted by Gasteiger charge is -2.44. The van der Waals surface area contributed by atoms with E-state index in [1.54, 1.807) is 0 Å². The number of rotatable bonds is 3. The minimum Gasteiger partial charge on any atom is -0.479 e. The molecule has 0 aromatic carbocycles. The molecule has 0 amide bonds. The molecule has 2 heterocycles. The minimum absolute atomic E-state index is 0.938. The summed E-state index contributed by atoms with van der Waals surface area (Å²) in [5, 5.41) is 66.9. The molecular formula is C12H20O11. The highest BCUT2D eigenvalue weighted by molar-refractivity contribution is 5.73. The number of carbonyl (C=O) groups is 1. The van der Waals surface area contributed by atoms with Crippen LogP contribution in [0.5, 0.6) is 0 Å². The Morgan fingerprint density at radius 1 is 0.870 bits per heavy atom. The van der Waals surface area contributed by atoms with Gasteiger partial charge in [-0.05, 0) is 6.92 Å². The number of aliphatic hydroxyl groups is 6. The molecule has 0 aromatic rings. The fourth-order valence-corrected chi connectivity index (χ4v) is 2.53. The SMILES string of the molecule is C[C@H]1O[C@H](O)[C@H](O)[C@@H](O)[C@H]1O[C@H]1O[C@H](C(=O)O)[C@H](O)[C@H](O)[C@H]1O. The van der Waals surface area contributed by atoms with E-state index < -0.39 is 67.4 Å². The molecule has 11 heteroatoms. The van der Waals surface area contributed by atoms with Crippen LogP contribution in [0.4, 0.5) is 0 Å². The quantitative estimate of drug-likeness (QED) is 0.263. The Labute approximate surface area is 130 Å². The number of carboxylic acid groups (broad SMARTS) is 1. The first kappa shape index (κ1) is 18.4. The molecule has 2 aliphatic rings. The van der Waals surface area contributed by atoms with E-state index in [0.717, 1.165) is 0 Å². The summed E-state index contributed by atoms with van der Waals surface area (Å²) in [4.78, 5) is 11.0. The molecule has 2 saturated heterocycles. The molecule has 23 heavy (non-hydrogen) atoms. The Morgan fingerprint density at radius 2 is 1.48 bits per heavy atom. The van der Waals surface area contributed by atoms with Crippen LogP contribution in [0.25, 0.3) is 0 Å². The lowest BCUT2D eigenvalue weighted by Crippen LogP contribution is -2.64. The predicted molar refractivity (Wildman–Crippen MR) is 67.8 cm³/mol. The van der Waals surface area contributed by atoms with Crippen LogP contribution in [0, 0.1) is 0 Å². The molecular weight excluding hydrogens is 320 g/mol. The maximum atomic E-state index is 11.0. The van der Waals surface area contributed by atoms with Crippen molar-refractivity contribution in [3.8, 4) is 0 Å². The van der Waals surface area contributed by atoms with Crippen LogP contribution in [0.3, 0.4) is 0 Å². The topological polar surface area (TPSA) is 186 Å². The molecule has 11 nitrogen and oxygen atoms in total. The highest BCUT2D eigenvalue weighted by Gasteiger charge is 2.51. The van der Waals surface area contributed by atoms with Gasteiger partial charge in [0.1, 0.15) is 36.6 Å². The molecule has 0 unspecified atom stereocenters. The number of hydrogen-bond acceptors (Lipinski definition) is 10. The number of hydrogen-bond donors (Lipinski definition) is 7. The molecule has 10 atom stereocenters. The summed E-state index contributed by atoms with van der Waals surface area (Å²) in [6.45, 7) is 1.40. The Kier molecular flexibility index (Phi) is 5.56. The average molecular weight is 340 g/mol. The number of carboxylic acids is 1. The van der Waals surface area contributed by atoms with Gasteiger partial charge in [-0.15, -0.1) is 0 Å². The van der Waals surface area contributed by atoms with Crippen LogP contribution in [-0.2, 0) is 19.0 Å². The van der Waals surface area contributed by atoms with Crippen LogP contribution in [0.15, 0.2) is 0 Å². The van der Waals surface area contributed by atoms with Crippen LogP contribution in [-0.4, -0.2) is 103 Å². The van der Waals surface area contributed by atoms with E-state index in [-0.39, 0.29) is 0 Å². The van der Waals surface area contributed by atoms with E-state index in [2.05, 4.69) is 0 Å². The molecule has 7 N–H and O–H groups in total. The van der Waals surface area contributed by atoms with Crippen molar-refractivity contribution in [3.05, 3.63) is 0 Å². The van der Waals surface area contributed by atoms with E-state index in [1.165, 1.54) is 6.92 Å². The van der Waals surface area contributed by atoms with Crippen LogP contribution in [0.1, 0.15) is 6.92 Å². The third-order valence-electron chi connectivity index (χ3n) is 3.90. The first-order chi connectivity index (χ1) is 10.6. The van der Waals surface area contributed by atoms with E-state index >= 15 is 0 Å². The summed E-state index contributed by atoms with van der Waals surface area (Å²) in [6, 6.07) is 0. The van der Waals surface area contributed by atoms with Gasteiger partial charge in [0.2, 0.25) is 0 Å². The average Bonchev–Trinajstić information content (AvgIpc) is 2.48. The molecule has 2 rings (SSSR count). The maximum Gasteiger partial charge on any atom is 0.335 e. The van der Waals surface area contributed by atoms with Crippen molar-refractivity contribution < 1.29 is 54.8 Å². The largest absolute Gasteiger partial charge is 0.479 e. The second kappa shape index (κ2) is 6.93. The fraction of sp³-hybridized carbons (Fsp3) is 0.917. The Bertz CT molecular complexity index is 431. The summed E-state index contributed by atoms with van der Waals surface area (Å²) in [6.07, 6.45) is -16.3. The standard InChI is InChI=1S/C12H20O11/c1-2-8(5(15)6(16)11(20)21-2)22-12-7(17)3(13)4(14)9(23-12)10(18)19/h2-9,11-17,20H,1H3,(H,18,19)/t2-,3+,4-,5-,6-,7-,8+,9+,11+,12+/m1/s1. The zero-order valence-electron chi connectivity index (χ0n) is 12.0. The molecule has 2 fully saturated rings. The fourth-order valence-electron chi connectivity index (χ4n) is 2.53. The molecule has 0 saturated carbocycles. The van der Waals surface area contributed by atoms with Gasteiger partial charge in [-0.1, -0.05) is 0 Å². The Morgan fingerprint density at radius 3 is 2.04 bits per heavy atom. The highest BCUT2D eigenvalue weighted by atomic mass is 16.7. The van der Waals surface area contributed by atoms with Gasteiger partial charge in [-0.2, -0.15) is 0 Å². The van der Waals surface area contributed by atoms with Crippen molar-refractivity contribution in [2.45, 2.75) is 68.3 Å². The monoisotopic (exact) mass is 340 g/mol. The molecule has 2 aliphatic heterocycles. The highest BCUT2D eigenvalue weighted by Crippen LogP contribution is 2.28. The van der Waals surface area contributed by atoms with E-state index in [1.807, 2.05) is 0 Å². The molecule has 0 bridgehead atoms. The molecule has 134 valence electrons. The predicted octanol–water partition coefficient (Wildman–Crippen LogP) is -4.28. The lowest BCUT2D eigenvalue weighted by atomic mass is 9.97. The molecule has 0 aliphatic carbocycles. The summed E-state index contributed by atoms with van der Waals surface area (Å²) in [5.41, 5.74) is 0. The smallest absolute Gasteiger partial charge is 0.335 e. The molecule has 0 radical (unpaired) electrons. The number of ether oxygens (including phenoxy) is 3. The van der Waals surface area contributed by atoms with Crippen molar-refractivity contribution in [3.63, 3.8) is 0 Å². The number of aliphatic carboxylic acids is 1. The summed E-state index contributed by atoms with van der Waals surface area (Å²) in [7, 11) is 0. The minimum atomic E-state index is -1.88. The zero-order valence-corrected chi connectivity index (χ0v) is 12.0. The van der Waals surface area contributed by atoms with Gasteiger partial charge in [0.15, 0.2) is 18.7 Å². The normalized spacial score (nSPS) is 51.4. The van der Waals surface area contributed by atoms with Crippen molar-refractivity contribution in [2.24, 2.45) is 0 Å². The van der Waals surface area contributed by atoms with Crippen LogP contribution in [0.2, 0.25) is 0 Å². The lowest BCUT2D eigenvalue weighted by molar-refractivity contribution is -0.347. The van der Waals surface area contributed by atoms with Gasteiger partial charge >= 0.3 is 5.97 Å². The van der Waals surface area contributed by atoms with Crippen molar-refractivity contribution in [2.75, 3.05) is 0 Å². The number of aliphatic hydroxyl groups excluding tert-OH is 6. The summed E-state index contributed by atoms with van der Waals surface area (Å²) >= 11 is 0. The Hall–Kier alpha value is -0.890. The van der Waals surface area contributed by atoms with Gasteiger partial charge in [-0.25, -0.2) is 4.79 Å². The van der Waals surface area contributed by atoms with Gasteiger partial charge in [0.05, 0.1) is 6.10 Å². The van der Waals surface area contributed by atoms with Gasteiger partial charge in [0, 0.05) is 0 Å². The second-order valence-electron chi connectivity index (χ2n) is 5.55. The first-order valence-corrected chi connectivity index (χ1v) is 6.92. The van der Waals surface area contributed by atoms with E-state index in [4.69, 9.17) is 19.3 Å². The van der Waals surface area contributed by atoms with Crippen molar-refractivity contribution in [1.29, 1.82) is 0 Å². The Balaban J connectivity index is 2.12. The zero-order chi connectivity index (χ0) is 17.5. The van der Waals surface area contributed by atoms with Crippen molar-refractivity contribution in [1.82, 2.24) is 0 Å². The van der Waals surface area contributed by atoms with Gasteiger partial charge in [-0.3, -0.25) is 0 Å². The van der Waals surface area contributed by atoms with Crippen molar-refractivity contribution >= 4 is 5.97 Å².